The van der Waals surface area contributed by atoms with Crippen molar-refractivity contribution in [3.63, 3.8) is 0 Å². The van der Waals surface area contributed by atoms with E-state index in [1.165, 1.54) is 77.4 Å². The normalized spacial score (nSPS) is 12.2. The molecule has 1 amide bonds. The van der Waals surface area contributed by atoms with Gasteiger partial charge in [-0.1, -0.05) is 29.3 Å². The number of fused-ring (bicyclic) bond motifs is 2. The molecule has 2 heterocycles. The number of pyridine rings is 1. The highest BCUT2D eigenvalue weighted by molar-refractivity contribution is 7.94. The Morgan fingerprint density at radius 2 is 1.47 bits per heavy atom. The molecule has 11 N–H and O–H groups in total. The molecule has 0 unspecified atom stereocenters. The number of anilines is 5. The maximum absolute atomic E-state index is 12.7. The minimum Gasteiger partial charge on any atom is -0.506 e. The third-order valence-corrected chi connectivity index (χ3v) is 14.6. The van der Waals surface area contributed by atoms with Gasteiger partial charge in [-0.25, -0.2) is 9.82 Å². The van der Waals surface area contributed by atoms with Crippen LogP contribution in [0.25, 0.3) is 27.5 Å². The van der Waals surface area contributed by atoms with Gasteiger partial charge in [0.2, 0.25) is 0 Å². The highest BCUT2D eigenvalue weighted by Crippen LogP contribution is 2.46. The van der Waals surface area contributed by atoms with Crippen molar-refractivity contribution >= 4 is 128 Å². The Labute approximate surface area is 449 Å². The summed E-state index contributed by atoms with van der Waals surface area (Å²) in [5.41, 5.74) is 4.97. The molecule has 0 fully saturated rings. The Kier molecular flexibility index (Phi) is 16.1. The summed E-state index contributed by atoms with van der Waals surface area (Å²) >= 11 is 0.314. The topological polar surface area (TPSA) is 442 Å². The summed E-state index contributed by atoms with van der Waals surface area (Å²) < 4.78 is 111. The van der Waals surface area contributed by atoms with Gasteiger partial charge in [0.15, 0.2) is 5.75 Å². The third kappa shape index (κ3) is 12.8. The van der Waals surface area contributed by atoms with Gasteiger partial charge in [0, 0.05) is 35.4 Å². The average Bonchev–Trinajstić information content (AvgIpc) is 3.39. The number of hydrogen-bond acceptors (Lipinski definition) is 24. The van der Waals surface area contributed by atoms with Crippen LogP contribution in [0.3, 0.4) is 0 Å². The van der Waals surface area contributed by atoms with Crippen molar-refractivity contribution in [3.05, 3.63) is 121 Å². The molecule has 0 aliphatic heterocycles. The maximum Gasteiger partial charge on any atom is 0.444 e. The number of hydrogen-bond donors (Lipinski definition) is 10. The molecule has 79 heavy (non-hydrogen) atoms. The number of aliphatic carboxylic acids is 1. The summed E-state index contributed by atoms with van der Waals surface area (Å²) in [4.78, 5) is 36.5. The fourth-order valence-corrected chi connectivity index (χ4v) is 10.3. The van der Waals surface area contributed by atoms with Crippen molar-refractivity contribution in [3.8, 4) is 17.4 Å². The SMILES string of the molecule is Cc1ccc(N=Nc2cc(S(=O)(=O)O)c(NCCC(=O)O)cc2Nc2nc(N(C)c3ccc4c(O)c(N=Nc5ccc6c(S(=O)(=O)O)cccc6c5S(=O)(=O)O)c(SOOO)cc4c3)nc(-[n+]3cccc(C(N)=O)c3)n2)c(O)c1. The highest BCUT2D eigenvalue weighted by atomic mass is 32.2. The zero-order valence-electron chi connectivity index (χ0n) is 40.3. The Morgan fingerprint density at radius 1 is 0.759 bits per heavy atom. The number of rotatable bonds is 20. The number of carboxylic acids is 1. The van der Waals surface area contributed by atoms with Crippen molar-refractivity contribution in [2.24, 2.45) is 26.2 Å². The van der Waals surface area contributed by atoms with Crippen LogP contribution in [0.5, 0.6) is 11.5 Å². The molecular weight excluding hydrogens is 1120 g/mol. The molecule has 408 valence electrons. The van der Waals surface area contributed by atoms with Gasteiger partial charge < -0.3 is 31.7 Å². The molecule has 0 aliphatic rings. The van der Waals surface area contributed by atoms with Crippen molar-refractivity contribution in [1.82, 2.24) is 15.0 Å². The maximum atomic E-state index is 12.7. The van der Waals surface area contributed by atoms with Gasteiger partial charge in [0.25, 0.3) is 36.3 Å². The van der Waals surface area contributed by atoms with Gasteiger partial charge in [-0.2, -0.15) is 25.3 Å². The molecule has 0 bridgehead atoms. The van der Waals surface area contributed by atoms with Gasteiger partial charge in [-0.3, -0.25) is 28.1 Å². The molecule has 2 aromatic heterocycles. The zero-order valence-corrected chi connectivity index (χ0v) is 43.5. The van der Waals surface area contributed by atoms with Crippen LogP contribution in [0, 0.1) is 6.92 Å². The number of nitrogens with zero attached hydrogens (tertiary/aromatic N) is 9. The van der Waals surface area contributed by atoms with Crippen LogP contribution in [0.2, 0.25) is 0 Å². The second-order valence-electron chi connectivity index (χ2n) is 16.5. The van der Waals surface area contributed by atoms with Crippen LogP contribution in [0.1, 0.15) is 22.3 Å². The van der Waals surface area contributed by atoms with Crippen LogP contribution in [-0.2, 0) is 44.5 Å². The predicted molar refractivity (Wildman–Crippen MR) is 279 cm³/mol. The van der Waals surface area contributed by atoms with E-state index in [2.05, 4.69) is 55.4 Å². The number of aryl methyl sites for hydroxylation is 1. The van der Waals surface area contributed by atoms with Crippen LogP contribution in [-0.4, -0.2) is 99.9 Å². The first-order valence-corrected chi connectivity index (χ1v) is 27.1. The fraction of sp³-hybridized carbons (Fsp3) is 0.0870. The van der Waals surface area contributed by atoms with Gasteiger partial charge in [0.1, 0.15) is 43.2 Å². The second kappa shape index (κ2) is 22.6. The molecule has 0 saturated carbocycles. The van der Waals surface area contributed by atoms with Gasteiger partial charge in [-0.05, 0) is 101 Å². The van der Waals surface area contributed by atoms with Crippen molar-refractivity contribution in [2.45, 2.75) is 32.9 Å². The summed E-state index contributed by atoms with van der Waals surface area (Å²) in [5, 5.41) is 66.0. The van der Waals surface area contributed by atoms with Crippen LogP contribution < -0.4 is 25.8 Å². The van der Waals surface area contributed by atoms with E-state index < -0.39 is 80.5 Å². The molecule has 6 aromatic carbocycles. The van der Waals surface area contributed by atoms with E-state index in [0.717, 1.165) is 42.5 Å². The second-order valence-corrected chi connectivity index (χ2v) is 21.4. The fourth-order valence-electron chi connectivity index (χ4n) is 7.62. The molecular formula is C46H39N12O17S4+. The Bertz CT molecular complexity index is 4210. The van der Waals surface area contributed by atoms with E-state index in [1.807, 2.05) is 0 Å². The molecule has 0 spiro atoms. The number of carboxylic acid groups (broad SMARTS) is 1. The number of primary amides is 1. The summed E-state index contributed by atoms with van der Waals surface area (Å²) in [7, 11) is -13.6. The predicted octanol–water partition coefficient (Wildman–Crippen LogP) is 7.67. The highest BCUT2D eigenvalue weighted by Gasteiger charge is 2.28. The summed E-state index contributed by atoms with van der Waals surface area (Å²) in [6.45, 7) is 1.41. The first-order valence-electron chi connectivity index (χ1n) is 22.1. The smallest absolute Gasteiger partial charge is 0.444 e. The number of phenolic OH excluding ortho intramolecular Hbond substituents is 2. The number of aromatic nitrogens is 4. The van der Waals surface area contributed by atoms with E-state index in [9.17, 15) is 63.8 Å². The monoisotopic (exact) mass is 1160 g/mol. The first-order chi connectivity index (χ1) is 37.3. The molecule has 0 saturated heterocycles. The molecule has 33 heteroatoms. The zero-order chi connectivity index (χ0) is 57.1. The van der Waals surface area contributed by atoms with E-state index in [0.29, 0.717) is 23.3 Å². The minimum atomic E-state index is -5.19. The molecule has 8 rings (SSSR count). The number of amides is 1. The Hall–Kier alpha value is -8.90. The van der Waals surface area contributed by atoms with Gasteiger partial charge in [0.05, 0.1) is 52.7 Å². The number of benzene rings is 6. The number of carbonyl (C=O) groups is 2. The minimum absolute atomic E-state index is 0.0357. The number of phenols is 2. The number of nitrogens with two attached hydrogens (primary N) is 1. The van der Waals surface area contributed by atoms with Gasteiger partial charge >= 0.3 is 23.8 Å². The lowest BCUT2D eigenvalue weighted by Crippen LogP contribution is -2.35. The first kappa shape index (κ1) is 56.3. The number of carbonyl (C=O) groups excluding carboxylic acids is 1. The molecule has 29 nitrogen and oxygen atoms in total. The Balaban J connectivity index is 1.25. The quantitative estimate of drug-likeness (QED) is 0.00873. The third-order valence-electron chi connectivity index (χ3n) is 11.2. The largest absolute Gasteiger partial charge is 0.506 e. The lowest BCUT2D eigenvalue weighted by molar-refractivity contribution is -0.603. The van der Waals surface area contributed by atoms with Crippen LogP contribution in [0.4, 0.5) is 51.7 Å². The van der Waals surface area contributed by atoms with Gasteiger partial charge in [-0.15, -0.1) is 29.8 Å². The summed E-state index contributed by atoms with van der Waals surface area (Å²) in [5.74, 6) is -3.48. The van der Waals surface area contributed by atoms with Crippen LogP contribution >= 0.6 is 12.0 Å². The molecule has 0 atom stereocenters. The van der Waals surface area contributed by atoms with Crippen molar-refractivity contribution < 1.29 is 83.0 Å². The summed E-state index contributed by atoms with van der Waals surface area (Å²) in [6, 6.07) is 20.6. The Morgan fingerprint density at radius 3 is 2.15 bits per heavy atom. The van der Waals surface area contributed by atoms with E-state index in [4.69, 9.17) is 11.0 Å². The number of nitrogens with one attached hydrogen (secondary N) is 2. The molecule has 0 aliphatic carbocycles. The standard InChI is InChI=1S/C46H38N12O17S4/c1-23-8-12-30(35(59)17-23)53-55-33-21-38(78(68,69)70)34(48-15-14-39(60)61)20-32(33)49-44-50-45(52-46(51-44)58-16-4-5-24(22-58)43(47)63)57(2)26-9-10-27-25(18-26)19-36(76-75-74-64)40(41(27)62)56-54-31-13-11-28-29(42(31)79(71,72)73)6-3-7-37(28)77(65,66)67/h3-13,16-22H,14-15H2,1-2H3,(H10-,47,48,49,50,51,52,53,54,55,56,59,60,61,62,63,64,65,66,67,68,69,70,71,72,73)/p+1. The molecule has 0 radical (unpaired) electrons. The number of azo groups is 2. The molecule has 8 aromatic rings. The average molecular weight is 1160 g/mol. The van der Waals surface area contributed by atoms with Crippen molar-refractivity contribution in [1.29, 1.82) is 0 Å². The van der Waals surface area contributed by atoms with E-state index in [-0.39, 0.29) is 84.9 Å². The van der Waals surface area contributed by atoms with Crippen molar-refractivity contribution in [2.75, 3.05) is 29.1 Å². The van der Waals surface area contributed by atoms with Crippen LogP contribution in [0.15, 0.2) is 149 Å². The lowest BCUT2D eigenvalue weighted by Gasteiger charge is -2.17. The number of aromatic hydroxyl groups is 2. The van der Waals surface area contributed by atoms with E-state index in [1.54, 1.807) is 13.0 Å². The lowest BCUT2D eigenvalue weighted by atomic mass is 10.1. The van der Waals surface area contributed by atoms with E-state index >= 15 is 0 Å². The summed E-state index contributed by atoms with van der Waals surface area (Å²) in [6.07, 6.45) is 2.32.